The van der Waals surface area contributed by atoms with Crippen LogP contribution >= 0.6 is 0 Å². The highest BCUT2D eigenvalue weighted by Gasteiger charge is 2.28. The molecule has 6 nitrogen and oxygen atoms in total. The maximum atomic E-state index is 12.5. The van der Waals surface area contributed by atoms with Crippen molar-refractivity contribution in [3.8, 4) is 5.75 Å². The molecular formula is C22H24N2O4S. The van der Waals surface area contributed by atoms with E-state index in [0.717, 1.165) is 21.3 Å². The van der Waals surface area contributed by atoms with Gasteiger partial charge in [0.05, 0.1) is 18.5 Å². The molecule has 29 heavy (non-hydrogen) atoms. The van der Waals surface area contributed by atoms with Crippen molar-refractivity contribution in [3.05, 3.63) is 72.8 Å². The second kappa shape index (κ2) is 8.96. The van der Waals surface area contributed by atoms with Gasteiger partial charge in [0.2, 0.25) is 15.9 Å². The number of hydrogen-bond acceptors (Lipinski definition) is 4. The van der Waals surface area contributed by atoms with Gasteiger partial charge in [-0.2, -0.15) is 0 Å². The maximum absolute atomic E-state index is 12.5. The van der Waals surface area contributed by atoms with Crippen molar-refractivity contribution in [3.63, 3.8) is 0 Å². The number of amides is 1. The number of nitrogens with zero attached hydrogens (tertiary/aromatic N) is 1. The summed E-state index contributed by atoms with van der Waals surface area (Å²) in [7, 11) is -3.62. The molecule has 0 aliphatic heterocycles. The monoisotopic (exact) mass is 412 g/mol. The number of carbonyl (C=O) groups excluding carboxylic acids is 1. The minimum Gasteiger partial charge on any atom is -0.492 e. The number of fused-ring (bicyclic) bond motifs is 1. The van der Waals surface area contributed by atoms with E-state index in [1.54, 1.807) is 37.3 Å². The summed E-state index contributed by atoms with van der Waals surface area (Å²) in [4.78, 5) is 12.5. The third-order valence-electron chi connectivity index (χ3n) is 4.49. The molecule has 1 N–H and O–H groups in total. The molecule has 1 amide bonds. The molecule has 0 aliphatic rings. The molecular weight excluding hydrogens is 388 g/mol. The quantitative estimate of drug-likeness (QED) is 0.577. The first-order valence-electron chi connectivity index (χ1n) is 9.30. The van der Waals surface area contributed by atoms with E-state index >= 15 is 0 Å². The molecule has 3 rings (SSSR count). The van der Waals surface area contributed by atoms with Gasteiger partial charge in [0.15, 0.2) is 0 Å². The Hall–Kier alpha value is -3.06. The number of ether oxygens (including phenoxy) is 1. The lowest BCUT2D eigenvalue weighted by atomic mass is 10.1. The second-order valence-electron chi connectivity index (χ2n) is 6.72. The average Bonchev–Trinajstić information content (AvgIpc) is 2.70. The zero-order valence-electron chi connectivity index (χ0n) is 16.4. The topological polar surface area (TPSA) is 75.7 Å². The van der Waals surface area contributed by atoms with Gasteiger partial charge in [0, 0.05) is 0 Å². The van der Waals surface area contributed by atoms with Crippen molar-refractivity contribution in [2.75, 3.05) is 23.7 Å². The normalized spacial score (nSPS) is 12.3. The van der Waals surface area contributed by atoms with E-state index in [0.29, 0.717) is 11.4 Å². The van der Waals surface area contributed by atoms with E-state index in [2.05, 4.69) is 5.32 Å². The summed E-state index contributed by atoms with van der Waals surface area (Å²) in [6.45, 7) is 2.11. The van der Waals surface area contributed by atoms with Crippen LogP contribution in [0.25, 0.3) is 10.8 Å². The Balaban J connectivity index is 1.57. The minimum atomic E-state index is -3.62. The second-order valence-corrected chi connectivity index (χ2v) is 8.58. The van der Waals surface area contributed by atoms with Crippen molar-refractivity contribution >= 4 is 32.4 Å². The summed E-state index contributed by atoms with van der Waals surface area (Å²) in [6.07, 6.45) is 1.09. The molecule has 0 heterocycles. The highest BCUT2D eigenvalue weighted by molar-refractivity contribution is 7.92. The number of sulfonamides is 1. The molecule has 0 aliphatic carbocycles. The first-order chi connectivity index (χ1) is 13.9. The molecule has 3 aromatic rings. The van der Waals surface area contributed by atoms with E-state index in [1.165, 1.54) is 0 Å². The molecule has 0 saturated heterocycles. The number of anilines is 1. The molecule has 0 bridgehead atoms. The summed E-state index contributed by atoms with van der Waals surface area (Å²) in [5.41, 5.74) is 0.449. The Morgan fingerprint density at radius 3 is 2.34 bits per heavy atom. The highest BCUT2D eigenvalue weighted by Crippen LogP contribution is 2.21. The SMILES string of the molecule is C[C@@H](C(=O)NCCOc1ccc2ccccc2c1)N(c1ccccc1)S(C)(=O)=O. The fraction of sp³-hybridized carbons (Fsp3) is 0.227. The van der Waals surface area contributed by atoms with E-state index in [-0.39, 0.29) is 19.1 Å². The first kappa shape index (κ1) is 20.7. The van der Waals surface area contributed by atoms with Crippen LogP contribution in [0.1, 0.15) is 6.92 Å². The van der Waals surface area contributed by atoms with Crippen LogP contribution in [0, 0.1) is 0 Å². The van der Waals surface area contributed by atoms with Crippen LogP contribution in [0.15, 0.2) is 72.8 Å². The molecule has 0 unspecified atom stereocenters. The Kier molecular flexibility index (Phi) is 6.39. The lowest BCUT2D eigenvalue weighted by molar-refractivity contribution is -0.121. The summed E-state index contributed by atoms with van der Waals surface area (Å²) < 4.78 is 31.3. The number of benzene rings is 3. The Labute approximate surface area is 171 Å². The third kappa shape index (κ3) is 5.26. The van der Waals surface area contributed by atoms with Gasteiger partial charge < -0.3 is 10.1 Å². The molecule has 7 heteroatoms. The molecule has 3 aromatic carbocycles. The molecule has 0 fully saturated rings. The predicted molar refractivity (Wildman–Crippen MR) is 116 cm³/mol. The molecule has 1 atom stereocenters. The van der Waals surface area contributed by atoms with E-state index in [1.807, 2.05) is 42.5 Å². The summed E-state index contributed by atoms with van der Waals surface area (Å²) in [5.74, 6) is 0.328. The number of nitrogens with one attached hydrogen (secondary N) is 1. The Morgan fingerprint density at radius 2 is 1.66 bits per heavy atom. The van der Waals surface area contributed by atoms with Crippen molar-refractivity contribution in [2.24, 2.45) is 0 Å². The Bertz CT molecular complexity index is 1080. The molecule has 152 valence electrons. The number of hydrogen-bond donors (Lipinski definition) is 1. The maximum Gasteiger partial charge on any atom is 0.243 e. The number of carbonyl (C=O) groups is 1. The van der Waals surface area contributed by atoms with E-state index in [9.17, 15) is 13.2 Å². The van der Waals surface area contributed by atoms with Gasteiger partial charge >= 0.3 is 0 Å². The summed E-state index contributed by atoms with van der Waals surface area (Å²) >= 11 is 0. The van der Waals surface area contributed by atoms with Gasteiger partial charge in [0.25, 0.3) is 0 Å². The zero-order valence-corrected chi connectivity index (χ0v) is 17.2. The van der Waals surface area contributed by atoms with Crippen LogP contribution in [0.3, 0.4) is 0 Å². The lowest BCUT2D eigenvalue weighted by Crippen LogP contribution is -2.48. The first-order valence-corrected chi connectivity index (χ1v) is 11.1. The predicted octanol–water partition coefficient (Wildman–Crippen LogP) is 3.19. The minimum absolute atomic E-state index is 0.266. The lowest BCUT2D eigenvalue weighted by Gasteiger charge is -2.28. The van der Waals surface area contributed by atoms with Gasteiger partial charge in [-0.25, -0.2) is 8.42 Å². The fourth-order valence-electron chi connectivity index (χ4n) is 3.13. The molecule has 0 aromatic heterocycles. The standard InChI is InChI=1S/C22H24N2O4S/c1-17(24(29(2,26)27)20-10-4-3-5-11-20)22(25)23-14-15-28-21-13-12-18-8-6-7-9-19(18)16-21/h3-13,16-17H,14-15H2,1-2H3,(H,23,25)/t17-/m0/s1. The van der Waals surface area contributed by atoms with Crippen LogP contribution < -0.4 is 14.4 Å². The highest BCUT2D eigenvalue weighted by atomic mass is 32.2. The van der Waals surface area contributed by atoms with Crippen molar-refractivity contribution in [1.29, 1.82) is 0 Å². The van der Waals surface area contributed by atoms with Crippen LogP contribution in [-0.2, 0) is 14.8 Å². The van der Waals surface area contributed by atoms with Crippen molar-refractivity contribution in [2.45, 2.75) is 13.0 Å². The smallest absolute Gasteiger partial charge is 0.243 e. The zero-order chi connectivity index (χ0) is 20.9. The van der Waals surface area contributed by atoms with Crippen LogP contribution in [-0.4, -0.2) is 39.8 Å². The van der Waals surface area contributed by atoms with Crippen molar-refractivity contribution in [1.82, 2.24) is 5.32 Å². The van der Waals surface area contributed by atoms with E-state index < -0.39 is 16.1 Å². The number of rotatable bonds is 8. The summed E-state index contributed by atoms with van der Waals surface area (Å²) in [6, 6.07) is 21.5. The van der Waals surface area contributed by atoms with Gasteiger partial charge in [0.1, 0.15) is 18.4 Å². The molecule has 0 saturated carbocycles. The Morgan fingerprint density at radius 1 is 1.00 bits per heavy atom. The summed E-state index contributed by atoms with van der Waals surface area (Å²) in [5, 5.41) is 4.95. The average molecular weight is 413 g/mol. The fourth-order valence-corrected chi connectivity index (χ4v) is 4.31. The van der Waals surface area contributed by atoms with Gasteiger partial charge in [-0.1, -0.05) is 48.5 Å². The molecule has 0 spiro atoms. The largest absolute Gasteiger partial charge is 0.492 e. The number of para-hydroxylation sites is 1. The van der Waals surface area contributed by atoms with Crippen LogP contribution in [0.5, 0.6) is 5.75 Å². The van der Waals surface area contributed by atoms with Gasteiger partial charge in [-0.05, 0) is 42.0 Å². The third-order valence-corrected chi connectivity index (χ3v) is 5.73. The molecule has 0 radical (unpaired) electrons. The van der Waals surface area contributed by atoms with Crippen LogP contribution in [0.2, 0.25) is 0 Å². The van der Waals surface area contributed by atoms with E-state index in [4.69, 9.17) is 4.74 Å². The van der Waals surface area contributed by atoms with Gasteiger partial charge in [-0.15, -0.1) is 0 Å². The van der Waals surface area contributed by atoms with Crippen LogP contribution in [0.4, 0.5) is 5.69 Å². The van der Waals surface area contributed by atoms with Crippen molar-refractivity contribution < 1.29 is 17.9 Å². The van der Waals surface area contributed by atoms with Gasteiger partial charge in [-0.3, -0.25) is 9.10 Å².